The van der Waals surface area contributed by atoms with Crippen LogP contribution in [-0.2, 0) is 6.54 Å². The van der Waals surface area contributed by atoms with E-state index < -0.39 is 18.2 Å². The number of anilines is 2. The van der Waals surface area contributed by atoms with Gasteiger partial charge in [0.25, 0.3) is 0 Å². The predicted molar refractivity (Wildman–Crippen MR) is 154 cm³/mol. The van der Waals surface area contributed by atoms with Crippen LogP contribution in [0.1, 0.15) is 26.3 Å². The molecule has 3 aromatic carbocycles. The zero-order valence-corrected chi connectivity index (χ0v) is 23.2. The van der Waals surface area contributed by atoms with E-state index in [0.29, 0.717) is 22.2 Å². The molecule has 4 N–H and O–H groups in total. The van der Waals surface area contributed by atoms with Crippen LogP contribution in [0.3, 0.4) is 0 Å². The van der Waals surface area contributed by atoms with Gasteiger partial charge >= 0.3 is 12.3 Å². The second kappa shape index (κ2) is 13.0. The number of carbonyl (C=O) groups is 2. The van der Waals surface area contributed by atoms with Gasteiger partial charge < -0.3 is 25.8 Å². The number of carboxylic acid groups (broad SMARTS) is 1. The first-order chi connectivity index (χ1) is 19.9. The van der Waals surface area contributed by atoms with Gasteiger partial charge in [0.1, 0.15) is 11.6 Å². The van der Waals surface area contributed by atoms with Crippen molar-refractivity contribution in [2.24, 2.45) is 5.73 Å². The summed E-state index contributed by atoms with van der Waals surface area (Å²) in [5.41, 5.74) is 8.48. The molecule has 1 aliphatic rings. The Morgan fingerprint density at radius 1 is 1.05 bits per heavy atom. The Balaban J connectivity index is 0.000000244. The Morgan fingerprint density at radius 2 is 1.76 bits per heavy atom. The smallest absolute Gasteiger partial charge is 0.478 e. The maximum Gasteiger partial charge on any atom is 0.573 e. The Labute approximate surface area is 248 Å². The molecule has 0 radical (unpaired) electrons. The molecule has 0 unspecified atom stereocenters. The topological polar surface area (TPSA) is 118 Å². The minimum atomic E-state index is -4.73. The molecule has 0 spiro atoms. The van der Waals surface area contributed by atoms with Crippen molar-refractivity contribution in [1.29, 1.82) is 0 Å². The van der Waals surface area contributed by atoms with Gasteiger partial charge in [0, 0.05) is 47.0 Å². The lowest BCUT2D eigenvalue weighted by Crippen LogP contribution is -2.34. The van der Waals surface area contributed by atoms with E-state index in [1.54, 1.807) is 36.5 Å². The minimum Gasteiger partial charge on any atom is -0.478 e. The second-order valence-corrected chi connectivity index (χ2v) is 9.81. The predicted octanol–water partition coefficient (Wildman–Crippen LogP) is 6.87. The number of alkyl halides is 3. The molecule has 0 saturated carbocycles. The van der Waals surface area contributed by atoms with Crippen LogP contribution in [0.5, 0.6) is 5.75 Å². The van der Waals surface area contributed by atoms with Gasteiger partial charge in [-0.3, -0.25) is 4.79 Å². The monoisotopic (exact) mass is 618 g/mol. The number of ether oxygens (including phenoxy) is 1. The van der Waals surface area contributed by atoms with Crippen LogP contribution in [-0.4, -0.2) is 41.4 Å². The average Bonchev–Trinajstić information content (AvgIpc) is 2.95. The summed E-state index contributed by atoms with van der Waals surface area (Å²) in [6, 6.07) is 18.7. The molecular formula is C29H23Cl2F3N4O4. The third kappa shape index (κ3) is 7.83. The molecule has 0 fully saturated rings. The van der Waals surface area contributed by atoms with E-state index in [2.05, 4.69) is 19.9 Å². The number of primary amides is 1. The van der Waals surface area contributed by atoms with Crippen LogP contribution in [0, 0.1) is 0 Å². The number of fused-ring (bicyclic) bond motifs is 1. The van der Waals surface area contributed by atoms with Crippen LogP contribution in [0.25, 0.3) is 11.1 Å². The summed E-state index contributed by atoms with van der Waals surface area (Å²) < 4.78 is 38.6. The number of halogens is 5. The number of carboxylic acids is 1. The SMILES string of the molecule is NC(=O)c1ccc(OC(F)(F)F)cc1.O=C(O)c1ccccc1-c1cnc2c(c1)N(Cc1cc(Cl)ccc1Cl)CCN2. The second-order valence-electron chi connectivity index (χ2n) is 8.96. The van der Waals surface area contributed by atoms with Crippen molar-refractivity contribution in [3.8, 4) is 16.9 Å². The molecular weight excluding hydrogens is 596 g/mol. The van der Waals surface area contributed by atoms with Crippen molar-refractivity contribution in [2.75, 3.05) is 23.3 Å². The summed E-state index contributed by atoms with van der Waals surface area (Å²) in [6.45, 7) is 2.10. The van der Waals surface area contributed by atoms with Crippen molar-refractivity contribution in [1.82, 2.24) is 4.98 Å². The van der Waals surface area contributed by atoms with Crippen molar-refractivity contribution >= 4 is 46.6 Å². The minimum absolute atomic E-state index is 0.125. The quantitative estimate of drug-likeness (QED) is 0.216. The molecule has 0 saturated heterocycles. The van der Waals surface area contributed by atoms with Gasteiger partial charge in [0.2, 0.25) is 5.91 Å². The van der Waals surface area contributed by atoms with E-state index in [-0.39, 0.29) is 16.9 Å². The van der Waals surface area contributed by atoms with Crippen LogP contribution in [0.15, 0.2) is 79.0 Å². The highest BCUT2D eigenvalue weighted by Gasteiger charge is 2.31. The number of aromatic nitrogens is 1. The van der Waals surface area contributed by atoms with Gasteiger partial charge in [-0.1, -0.05) is 41.4 Å². The number of carbonyl (C=O) groups excluding carboxylic acids is 1. The first kappa shape index (κ1) is 30.5. The molecule has 1 amide bonds. The highest BCUT2D eigenvalue weighted by atomic mass is 35.5. The number of rotatable bonds is 6. The lowest BCUT2D eigenvalue weighted by molar-refractivity contribution is -0.274. The summed E-state index contributed by atoms with van der Waals surface area (Å²) in [5, 5.41) is 14.1. The van der Waals surface area contributed by atoms with Gasteiger partial charge in [-0.05, 0) is 65.7 Å². The summed E-state index contributed by atoms with van der Waals surface area (Å²) in [6.07, 6.45) is -3.03. The lowest BCUT2D eigenvalue weighted by atomic mass is 10.0. The number of hydrogen-bond donors (Lipinski definition) is 3. The van der Waals surface area contributed by atoms with Crippen LogP contribution >= 0.6 is 23.2 Å². The van der Waals surface area contributed by atoms with Crippen LogP contribution < -0.4 is 20.7 Å². The molecule has 218 valence electrons. The largest absolute Gasteiger partial charge is 0.573 e. The first-order valence-electron chi connectivity index (χ1n) is 12.3. The number of benzene rings is 3. The molecule has 4 aromatic rings. The first-order valence-corrected chi connectivity index (χ1v) is 13.1. The van der Waals surface area contributed by atoms with Crippen LogP contribution in [0.4, 0.5) is 24.7 Å². The molecule has 1 aromatic heterocycles. The Kier molecular flexibility index (Phi) is 9.44. The third-order valence-electron chi connectivity index (χ3n) is 6.09. The molecule has 5 rings (SSSR count). The highest BCUT2D eigenvalue weighted by Crippen LogP contribution is 2.35. The standard InChI is InChI=1S/C21H17Cl2N3O2.C8H6F3NO2/c22-15-5-6-18(23)14(9-15)12-26-8-7-24-20-19(26)10-13(11-25-20)16-3-1-2-4-17(16)21(27)28;9-8(10,11)14-6-3-1-5(2-4-6)7(12)13/h1-6,9-11H,7-8,12H2,(H,24,25)(H,27,28);1-4H,(H2,12,13). The number of hydrogen-bond acceptors (Lipinski definition) is 6. The number of nitrogens with two attached hydrogens (primary N) is 1. The molecule has 42 heavy (non-hydrogen) atoms. The van der Waals surface area contributed by atoms with Gasteiger partial charge in [-0.15, -0.1) is 13.2 Å². The van der Waals surface area contributed by atoms with Crippen LogP contribution in [0.2, 0.25) is 10.0 Å². The number of nitrogens with zero attached hydrogens (tertiary/aromatic N) is 2. The molecule has 8 nitrogen and oxygen atoms in total. The molecule has 2 heterocycles. The van der Waals surface area contributed by atoms with Gasteiger partial charge in [0.15, 0.2) is 0 Å². The normalized spacial score (nSPS) is 12.4. The fourth-order valence-corrected chi connectivity index (χ4v) is 4.56. The third-order valence-corrected chi connectivity index (χ3v) is 6.70. The summed E-state index contributed by atoms with van der Waals surface area (Å²) in [7, 11) is 0. The van der Waals surface area contributed by atoms with Crippen molar-refractivity contribution < 1.29 is 32.6 Å². The zero-order chi connectivity index (χ0) is 30.4. The summed E-state index contributed by atoms with van der Waals surface area (Å²) >= 11 is 12.5. The Morgan fingerprint density at radius 3 is 2.43 bits per heavy atom. The average molecular weight is 619 g/mol. The van der Waals surface area contributed by atoms with Gasteiger partial charge in [0.05, 0.1) is 11.3 Å². The fraction of sp³-hybridized carbons (Fsp3) is 0.138. The number of pyridine rings is 1. The molecule has 13 heteroatoms. The van der Waals surface area contributed by atoms with Crippen molar-refractivity contribution in [3.63, 3.8) is 0 Å². The van der Waals surface area contributed by atoms with E-state index in [1.807, 2.05) is 18.2 Å². The fourth-order valence-electron chi connectivity index (χ4n) is 4.18. The van der Waals surface area contributed by atoms with Crippen molar-refractivity contribution in [3.05, 3.63) is 106 Å². The highest BCUT2D eigenvalue weighted by molar-refractivity contribution is 6.33. The maximum atomic E-state index is 11.7. The van der Waals surface area contributed by atoms with E-state index in [1.165, 1.54) is 0 Å². The lowest BCUT2D eigenvalue weighted by Gasteiger charge is -2.32. The van der Waals surface area contributed by atoms with Crippen molar-refractivity contribution in [2.45, 2.75) is 12.9 Å². The molecule has 0 bridgehead atoms. The number of nitrogens with one attached hydrogen (secondary N) is 1. The van der Waals surface area contributed by atoms with E-state index in [9.17, 15) is 27.9 Å². The summed E-state index contributed by atoms with van der Waals surface area (Å²) in [4.78, 5) is 28.8. The zero-order valence-electron chi connectivity index (χ0n) is 21.7. The number of amides is 1. The Hall–Kier alpha value is -4.48. The number of aromatic carboxylic acids is 1. The van der Waals surface area contributed by atoms with E-state index >= 15 is 0 Å². The van der Waals surface area contributed by atoms with Gasteiger partial charge in [-0.25, -0.2) is 9.78 Å². The molecule has 0 atom stereocenters. The van der Waals surface area contributed by atoms with E-state index in [0.717, 1.165) is 60.0 Å². The molecule has 0 aliphatic carbocycles. The van der Waals surface area contributed by atoms with Gasteiger partial charge in [-0.2, -0.15) is 0 Å². The Bertz CT molecular complexity index is 1600. The van der Waals surface area contributed by atoms with E-state index in [4.69, 9.17) is 28.9 Å². The summed E-state index contributed by atoms with van der Waals surface area (Å²) in [5.74, 6) is -1.29. The molecule has 1 aliphatic heterocycles. The maximum absolute atomic E-state index is 11.7.